The molecule has 11 heteroatoms. The van der Waals surface area contributed by atoms with Gasteiger partial charge in [0.25, 0.3) is 0 Å². The number of benzene rings is 2. The molecule has 5 aromatic rings. The summed E-state index contributed by atoms with van der Waals surface area (Å²) in [5, 5.41) is 12.7. The van der Waals surface area contributed by atoms with E-state index in [1.807, 2.05) is 53.2 Å². The second-order valence-electron chi connectivity index (χ2n) is 8.85. The second-order valence-corrected chi connectivity index (χ2v) is 8.85. The molecule has 0 spiro atoms. The van der Waals surface area contributed by atoms with E-state index in [1.54, 1.807) is 6.20 Å². The van der Waals surface area contributed by atoms with Crippen LogP contribution in [0.25, 0.3) is 16.7 Å². The maximum atomic E-state index is 11.6. The Morgan fingerprint density at radius 2 is 1.97 bits per heavy atom. The van der Waals surface area contributed by atoms with Gasteiger partial charge in [-0.1, -0.05) is 6.07 Å². The highest BCUT2D eigenvalue weighted by atomic mass is 16.5. The van der Waals surface area contributed by atoms with Crippen LogP contribution in [0.3, 0.4) is 0 Å². The molecular weight excluding hydrogens is 474 g/mol. The first-order valence-corrected chi connectivity index (χ1v) is 12.2. The largest absolute Gasteiger partial charge is 0.489 e. The molecule has 1 saturated heterocycles. The molecule has 0 aliphatic carbocycles. The third-order valence-corrected chi connectivity index (χ3v) is 6.31. The quantitative estimate of drug-likeness (QED) is 0.255. The Bertz CT molecular complexity index is 1600. The number of aromatic amines is 2. The number of anilines is 3. The fourth-order valence-corrected chi connectivity index (χ4v) is 4.62. The summed E-state index contributed by atoms with van der Waals surface area (Å²) >= 11 is 0. The average Bonchev–Trinajstić information content (AvgIpc) is 3.53. The van der Waals surface area contributed by atoms with Crippen molar-refractivity contribution in [3.63, 3.8) is 0 Å². The standard InChI is InChI=1S/C26H27N7O4/c34-9-12-37-23-15-18(2-4-22(23)32-7-10-36-11-8-32)28-24-25-27-5-6-33(25)16-19(29-24)13-17-1-3-20-21(14-17)31-26(35)30-20/h1-6,14-16,34H,7-13H2,(H,28,29)(H2,30,31,35). The summed E-state index contributed by atoms with van der Waals surface area (Å²) in [6.07, 6.45) is 6.15. The van der Waals surface area contributed by atoms with Gasteiger partial charge in [0.1, 0.15) is 12.4 Å². The molecule has 0 amide bonds. The zero-order valence-electron chi connectivity index (χ0n) is 20.1. The van der Waals surface area contributed by atoms with Gasteiger partial charge in [-0.3, -0.25) is 0 Å². The van der Waals surface area contributed by atoms with Gasteiger partial charge in [-0.2, -0.15) is 0 Å². The molecule has 4 N–H and O–H groups in total. The minimum Gasteiger partial charge on any atom is -0.489 e. The number of aromatic nitrogens is 5. The number of morpholine rings is 1. The van der Waals surface area contributed by atoms with Crippen molar-refractivity contribution in [1.29, 1.82) is 0 Å². The highest BCUT2D eigenvalue weighted by molar-refractivity contribution is 5.76. The Balaban J connectivity index is 1.31. The van der Waals surface area contributed by atoms with Gasteiger partial charge in [-0.25, -0.2) is 14.8 Å². The molecule has 1 aliphatic rings. The molecule has 0 atom stereocenters. The monoisotopic (exact) mass is 501 g/mol. The number of aliphatic hydroxyl groups excluding tert-OH is 1. The van der Waals surface area contributed by atoms with Crippen LogP contribution in [-0.4, -0.2) is 69.0 Å². The summed E-state index contributed by atoms with van der Waals surface area (Å²) in [7, 11) is 0. The third-order valence-electron chi connectivity index (χ3n) is 6.31. The number of H-pyrrole nitrogens is 2. The normalized spacial score (nSPS) is 13.9. The molecule has 3 aromatic heterocycles. The Hall–Kier alpha value is -4.35. The number of rotatable bonds is 8. The van der Waals surface area contributed by atoms with Gasteiger partial charge in [-0.05, 0) is 29.8 Å². The molecule has 2 aromatic carbocycles. The van der Waals surface area contributed by atoms with Crippen LogP contribution in [0.1, 0.15) is 11.3 Å². The van der Waals surface area contributed by atoms with Crippen molar-refractivity contribution >= 4 is 33.9 Å². The number of ether oxygens (including phenoxy) is 2. The molecule has 0 saturated carbocycles. The number of fused-ring (bicyclic) bond motifs is 2. The van der Waals surface area contributed by atoms with Gasteiger partial charge >= 0.3 is 5.69 Å². The molecule has 1 fully saturated rings. The molecule has 0 radical (unpaired) electrons. The van der Waals surface area contributed by atoms with Crippen LogP contribution in [0, 0.1) is 0 Å². The first-order valence-electron chi connectivity index (χ1n) is 12.2. The minimum atomic E-state index is -0.224. The summed E-state index contributed by atoms with van der Waals surface area (Å²) in [5.41, 5.74) is 5.64. The summed E-state index contributed by atoms with van der Waals surface area (Å²) < 4.78 is 13.3. The van der Waals surface area contributed by atoms with E-state index in [0.29, 0.717) is 36.8 Å². The van der Waals surface area contributed by atoms with Crippen molar-refractivity contribution in [2.75, 3.05) is 49.7 Å². The van der Waals surface area contributed by atoms with E-state index in [4.69, 9.17) is 14.5 Å². The van der Waals surface area contributed by atoms with Gasteiger partial charge in [0.15, 0.2) is 11.5 Å². The smallest absolute Gasteiger partial charge is 0.323 e. The molecule has 11 nitrogen and oxygen atoms in total. The van der Waals surface area contributed by atoms with Crippen LogP contribution in [0.15, 0.2) is 59.8 Å². The Labute approximate surface area is 211 Å². The molecule has 1 aliphatic heterocycles. The number of aliphatic hydroxyl groups is 1. The van der Waals surface area contributed by atoms with E-state index in [2.05, 4.69) is 25.2 Å². The molecule has 6 rings (SSSR count). The van der Waals surface area contributed by atoms with Gasteiger partial charge in [-0.15, -0.1) is 0 Å². The number of nitrogens with one attached hydrogen (secondary N) is 3. The zero-order valence-corrected chi connectivity index (χ0v) is 20.1. The first kappa shape index (κ1) is 23.1. The lowest BCUT2D eigenvalue weighted by molar-refractivity contribution is 0.122. The van der Waals surface area contributed by atoms with E-state index in [1.165, 1.54) is 0 Å². The highest BCUT2D eigenvalue weighted by Crippen LogP contribution is 2.33. The lowest BCUT2D eigenvalue weighted by Crippen LogP contribution is -2.36. The van der Waals surface area contributed by atoms with E-state index in [0.717, 1.165) is 46.8 Å². The van der Waals surface area contributed by atoms with Crippen LogP contribution in [-0.2, 0) is 11.2 Å². The molecule has 37 heavy (non-hydrogen) atoms. The van der Waals surface area contributed by atoms with E-state index < -0.39 is 0 Å². The molecule has 190 valence electrons. The predicted molar refractivity (Wildman–Crippen MR) is 140 cm³/mol. The molecule has 4 heterocycles. The maximum absolute atomic E-state index is 11.6. The fraction of sp³-hybridized carbons (Fsp3) is 0.269. The van der Waals surface area contributed by atoms with E-state index in [-0.39, 0.29) is 18.9 Å². The lowest BCUT2D eigenvalue weighted by atomic mass is 10.1. The topological polar surface area (TPSA) is 133 Å². The number of imidazole rings is 2. The third kappa shape index (κ3) is 4.86. The van der Waals surface area contributed by atoms with Crippen LogP contribution in [0.2, 0.25) is 0 Å². The maximum Gasteiger partial charge on any atom is 0.323 e. The van der Waals surface area contributed by atoms with Gasteiger partial charge in [0.2, 0.25) is 0 Å². The summed E-state index contributed by atoms with van der Waals surface area (Å²) in [5.74, 6) is 1.30. The van der Waals surface area contributed by atoms with Gasteiger partial charge in [0, 0.05) is 49.9 Å². The van der Waals surface area contributed by atoms with Crippen molar-refractivity contribution in [3.05, 3.63) is 76.7 Å². The summed E-state index contributed by atoms with van der Waals surface area (Å²) in [6.45, 7) is 3.03. The van der Waals surface area contributed by atoms with Crippen molar-refractivity contribution in [3.8, 4) is 5.75 Å². The van der Waals surface area contributed by atoms with Crippen LogP contribution in [0.4, 0.5) is 17.2 Å². The Morgan fingerprint density at radius 1 is 1.11 bits per heavy atom. The first-order chi connectivity index (χ1) is 18.2. The number of nitrogens with zero attached hydrogens (tertiary/aromatic N) is 4. The van der Waals surface area contributed by atoms with Gasteiger partial charge < -0.3 is 39.2 Å². The van der Waals surface area contributed by atoms with E-state index in [9.17, 15) is 9.90 Å². The Morgan fingerprint density at radius 3 is 2.84 bits per heavy atom. The molecule has 0 unspecified atom stereocenters. The Kier molecular flexibility index (Phi) is 6.21. The average molecular weight is 502 g/mol. The second kappa shape index (κ2) is 9.96. The van der Waals surface area contributed by atoms with E-state index >= 15 is 0 Å². The number of hydrogen-bond donors (Lipinski definition) is 4. The lowest BCUT2D eigenvalue weighted by Gasteiger charge is -2.30. The minimum absolute atomic E-state index is 0.0685. The molecule has 0 bridgehead atoms. The summed E-state index contributed by atoms with van der Waals surface area (Å²) in [6, 6.07) is 11.7. The SMILES string of the molecule is O=c1[nH]c2ccc(Cc3cn4ccnc4c(Nc4ccc(N5CCOCC5)c(OCCO)c4)n3)cc2[nH]1. The van der Waals surface area contributed by atoms with Crippen LogP contribution >= 0.6 is 0 Å². The highest BCUT2D eigenvalue weighted by Gasteiger charge is 2.17. The number of hydrogen-bond acceptors (Lipinski definition) is 8. The predicted octanol–water partition coefficient (Wildman–Crippen LogP) is 2.44. The zero-order chi connectivity index (χ0) is 25.2. The van der Waals surface area contributed by atoms with Gasteiger partial charge in [0.05, 0.1) is 42.2 Å². The van der Waals surface area contributed by atoms with Crippen LogP contribution < -0.4 is 20.6 Å². The summed E-state index contributed by atoms with van der Waals surface area (Å²) in [4.78, 5) is 28.8. The molecular formula is C26H27N7O4. The van der Waals surface area contributed by atoms with Crippen molar-refractivity contribution in [2.24, 2.45) is 0 Å². The fourth-order valence-electron chi connectivity index (χ4n) is 4.62. The van der Waals surface area contributed by atoms with Crippen LogP contribution in [0.5, 0.6) is 5.75 Å². The van der Waals surface area contributed by atoms with Crippen molar-refractivity contribution in [2.45, 2.75) is 6.42 Å². The van der Waals surface area contributed by atoms with Crippen molar-refractivity contribution in [1.82, 2.24) is 24.3 Å². The van der Waals surface area contributed by atoms with Crippen molar-refractivity contribution < 1.29 is 14.6 Å².